The van der Waals surface area contributed by atoms with Crippen molar-refractivity contribution >= 4 is 15.9 Å². The van der Waals surface area contributed by atoms with E-state index in [2.05, 4.69) is 5.32 Å². The quantitative estimate of drug-likeness (QED) is 0.800. The maximum Gasteiger partial charge on any atom is 0.251 e. The highest BCUT2D eigenvalue weighted by molar-refractivity contribution is 7.89. The van der Waals surface area contributed by atoms with Crippen LogP contribution in [-0.2, 0) is 10.0 Å². The maximum absolute atomic E-state index is 11.8. The van der Waals surface area contributed by atoms with Gasteiger partial charge in [0.15, 0.2) is 0 Å². The fraction of sp³-hybridized carbons (Fsp3) is 0.417. The number of nitrogens with one attached hydrogen (secondary N) is 1. The van der Waals surface area contributed by atoms with Gasteiger partial charge in [-0.2, -0.15) is 0 Å². The van der Waals surface area contributed by atoms with Crippen LogP contribution in [0.1, 0.15) is 17.3 Å². The molecule has 0 aliphatic heterocycles. The molecule has 2 N–H and O–H groups in total. The maximum atomic E-state index is 11.8. The predicted octanol–water partition coefficient (Wildman–Crippen LogP) is 0.0475. The van der Waals surface area contributed by atoms with Crippen LogP contribution in [0.4, 0.5) is 0 Å². The summed E-state index contributed by atoms with van der Waals surface area (Å²) in [6, 6.07) is 5.64. The zero-order chi connectivity index (χ0) is 14.6. The lowest BCUT2D eigenvalue weighted by molar-refractivity contribution is 0.0924. The SMILES string of the molecule is C[C@H](O)CNC(=O)c1ccc(S(=O)(=O)N(C)C)cc1. The summed E-state index contributed by atoms with van der Waals surface area (Å²) in [6.07, 6.45) is -0.627. The molecule has 0 unspecified atom stereocenters. The van der Waals surface area contributed by atoms with Gasteiger partial charge in [0.2, 0.25) is 10.0 Å². The number of nitrogens with zero attached hydrogens (tertiary/aromatic N) is 1. The summed E-state index contributed by atoms with van der Waals surface area (Å²) in [5, 5.41) is 11.6. The van der Waals surface area contributed by atoms with Crippen LogP contribution < -0.4 is 5.32 Å². The molecule has 0 heterocycles. The van der Waals surface area contributed by atoms with E-state index in [1.165, 1.54) is 38.4 Å². The average Bonchev–Trinajstić information content (AvgIpc) is 2.35. The molecule has 0 radical (unpaired) electrons. The van der Waals surface area contributed by atoms with Crippen LogP contribution in [0.3, 0.4) is 0 Å². The number of rotatable bonds is 5. The van der Waals surface area contributed by atoms with Crippen molar-refractivity contribution in [2.45, 2.75) is 17.9 Å². The van der Waals surface area contributed by atoms with Gasteiger partial charge < -0.3 is 10.4 Å². The molecule has 0 spiro atoms. The molecular weight excluding hydrogens is 268 g/mol. The van der Waals surface area contributed by atoms with E-state index in [4.69, 9.17) is 5.11 Å². The van der Waals surface area contributed by atoms with E-state index in [0.717, 1.165) is 4.31 Å². The van der Waals surface area contributed by atoms with Crippen LogP contribution in [0.2, 0.25) is 0 Å². The van der Waals surface area contributed by atoms with E-state index in [-0.39, 0.29) is 17.3 Å². The topological polar surface area (TPSA) is 86.7 Å². The Kier molecular flexibility index (Phi) is 5.04. The Hall–Kier alpha value is -1.44. The van der Waals surface area contributed by atoms with Crippen molar-refractivity contribution < 1.29 is 18.3 Å². The number of amides is 1. The van der Waals surface area contributed by atoms with Crippen molar-refractivity contribution in [1.82, 2.24) is 9.62 Å². The van der Waals surface area contributed by atoms with Crippen LogP contribution in [-0.4, -0.2) is 50.5 Å². The molecule has 0 saturated carbocycles. The molecule has 0 fully saturated rings. The Morgan fingerprint density at radius 2 is 1.84 bits per heavy atom. The second kappa shape index (κ2) is 6.14. The van der Waals surface area contributed by atoms with Gasteiger partial charge in [-0.3, -0.25) is 4.79 Å². The minimum atomic E-state index is -3.48. The minimum Gasteiger partial charge on any atom is -0.392 e. The second-order valence-corrected chi connectivity index (χ2v) is 6.52. The van der Waals surface area contributed by atoms with Crippen molar-refractivity contribution in [1.29, 1.82) is 0 Å². The van der Waals surface area contributed by atoms with Gasteiger partial charge in [0.25, 0.3) is 5.91 Å². The summed E-state index contributed by atoms with van der Waals surface area (Å²) in [4.78, 5) is 11.8. The monoisotopic (exact) mass is 286 g/mol. The van der Waals surface area contributed by atoms with E-state index in [1.54, 1.807) is 6.92 Å². The second-order valence-electron chi connectivity index (χ2n) is 4.37. The molecular formula is C12H18N2O4S. The van der Waals surface area contributed by atoms with Gasteiger partial charge in [-0.1, -0.05) is 0 Å². The molecule has 1 amide bonds. The van der Waals surface area contributed by atoms with Gasteiger partial charge in [0, 0.05) is 26.2 Å². The summed E-state index contributed by atoms with van der Waals surface area (Å²) in [5.41, 5.74) is 0.346. The minimum absolute atomic E-state index is 0.129. The van der Waals surface area contributed by atoms with Crippen LogP contribution in [0, 0.1) is 0 Å². The van der Waals surface area contributed by atoms with Gasteiger partial charge in [0.05, 0.1) is 11.0 Å². The number of benzene rings is 1. The van der Waals surface area contributed by atoms with E-state index in [1.807, 2.05) is 0 Å². The lowest BCUT2D eigenvalue weighted by atomic mass is 10.2. The van der Waals surface area contributed by atoms with Crippen LogP contribution in [0.5, 0.6) is 0 Å². The molecule has 1 rings (SSSR count). The highest BCUT2D eigenvalue weighted by Crippen LogP contribution is 2.13. The van der Waals surface area contributed by atoms with Crippen LogP contribution in [0.15, 0.2) is 29.2 Å². The summed E-state index contributed by atoms with van der Waals surface area (Å²) >= 11 is 0. The first-order chi connectivity index (χ1) is 8.75. The first-order valence-corrected chi connectivity index (χ1v) is 7.18. The van der Waals surface area contributed by atoms with Gasteiger partial charge in [-0.15, -0.1) is 0 Å². The van der Waals surface area contributed by atoms with Crippen molar-refractivity contribution in [2.75, 3.05) is 20.6 Å². The third-order valence-corrected chi connectivity index (χ3v) is 4.28. The van der Waals surface area contributed by atoms with E-state index in [0.29, 0.717) is 5.56 Å². The number of aliphatic hydroxyl groups is 1. The molecule has 0 aliphatic carbocycles. The summed E-state index contributed by atoms with van der Waals surface area (Å²) < 4.78 is 24.7. The zero-order valence-corrected chi connectivity index (χ0v) is 11.9. The van der Waals surface area contributed by atoms with E-state index in [9.17, 15) is 13.2 Å². The normalized spacial score (nSPS) is 13.3. The third-order valence-electron chi connectivity index (χ3n) is 2.45. The highest BCUT2D eigenvalue weighted by atomic mass is 32.2. The Balaban J connectivity index is 2.85. The molecule has 0 saturated heterocycles. The largest absolute Gasteiger partial charge is 0.392 e. The number of sulfonamides is 1. The summed E-state index contributed by atoms with van der Waals surface area (Å²) in [6.45, 7) is 1.71. The Morgan fingerprint density at radius 1 is 1.32 bits per heavy atom. The summed E-state index contributed by atoms with van der Waals surface area (Å²) in [7, 11) is -0.597. The van der Waals surface area contributed by atoms with Gasteiger partial charge in [0.1, 0.15) is 0 Å². The van der Waals surface area contributed by atoms with Crippen molar-refractivity contribution in [2.24, 2.45) is 0 Å². The van der Waals surface area contributed by atoms with Gasteiger partial charge >= 0.3 is 0 Å². The molecule has 1 aromatic carbocycles. The smallest absolute Gasteiger partial charge is 0.251 e. The van der Waals surface area contributed by atoms with Crippen LogP contribution in [0.25, 0.3) is 0 Å². The molecule has 19 heavy (non-hydrogen) atoms. The zero-order valence-electron chi connectivity index (χ0n) is 11.1. The van der Waals surface area contributed by atoms with Gasteiger partial charge in [-0.05, 0) is 31.2 Å². The van der Waals surface area contributed by atoms with Crippen molar-refractivity contribution in [3.05, 3.63) is 29.8 Å². The molecule has 106 valence electrons. The average molecular weight is 286 g/mol. The lowest BCUT2D eigenvalue weighted by Gasteiger charge is -2.12. The number of aliphatic hydroxyl groups excluding tert-OH is 1. The van der Waals surface area contributed by atoms with E-state index >= 15 is 0 Å². The third kappa shape index (κ3) is 4.02. The first-order valence-electron chi connectivity index (χ1n) is 5.74. The fourth-order valence-electron chi connectivity index (χ4n) is 1.33. The molecule has 0 bridgehead atoms. The Morgan fingerprint density at radius 3 is 2.26 bits per heavy atom. The standard InChI is InChI=1S/C12H18N2O4S/c1-9(15)8-13-12(16)10-4-6-11(7-5-10)19(17,18)14(2)3/h4-7,9,15H,8H2,1-3H3,(H,13,16)/t9-/m0/s1. The van der Waals surface area contributed by atoms with Crippen LogP contribution >= 0.6 is 0 Å². The Labute approximate surface area is 113 Å². The Bertz CT molecular complexity index is 535. The molecule has 7 heteroatoms. The first kappa shape index (κ1) is 15.6. The lowest BCUT2D eigenvalue weighted by Crippen LogP contribution is -2.30. The molecule has 1 atom stereocenters. The number of hydrogen-bond acceptors (Lipinski definition) is 4. The highest BCUT2D eigenvalue weighted by Gasteiger charge is 2.17. The number of carbonyl (C=O) groups is 1. The molecule has 0 aromatic heterocycles. The van der Waals surface area contributed by atoms with Crippen molar-refractivity contribution in [3.8, 4) is 0 Å². The molecule has 0 aliphatic rings. The van der Waals surface area contributed by atoms with Crippen molar-refractivity contribution in [3.63, 3.8) is 0 Å². The fourth-order valence-corrected chi connectivity index (χ4v) is 2.23. The predicted molar refractivity (Wildman–Crippen MR) is 71.3 cm³/mol. The molecule has 1 aromatic rings. The van der Waals surface area contributed by atoms with Gasteiger partial charge in [-0.25, -0.2) is 12.7 Å². The number of hydrogen-bond donors (Lipinski definition) is 2. The molecule has 6 nitrogen and oxygen atoms in total. The summed E-state index contributed by atoms with van der Waals surface area (Å²) in [5.74, 6) is -0.352. The van der Waals surface area contributed by atoms with E-state index < -0.39 is 16.1 Å². The number of carbonyl (C=O) groups excluding carboxylic acids is 1.